The van der Waals surface area contributed by atoms with E-state index >= 15 is 0 Å². The first-order chi connectivity index (χ1) is 8.29. The van der Waals surface area contributed by atoms with Gasteiger partial charge in [-0.05, 0) is 30.2 Å². The molecule has 1 heterocycles. The molecule has 0 bridgehead atoms. The predicted octanol–water partition coefficient (Wildman–Crippen LogP) is 3.41. The highest BCUT2D eigenvalue weighted by molar-refractivity contribution is 9.10. The molecule has 0 spiro atoms. The second-order valence-electron chi connectivity index (χ2n) is 3.76. The minimum Gasteiger partial charge on any atom is -0.381 e. The zero-order valence-corrected chi connectivity index (χ0v) is 11.2. The fourth-order valence-electron chi connectivity index (χ4n) is 1.65. The van der Waals surface area contributed by atoms with Crippen LogP contribution in [0.5, 0.6) is 0 Å². The van der Waals surface area contributed by atoms with Crippen LogP contribution in [0.25, 0.3) is 0 Å². The highest BCUT2D eigenvalue weighted by Gasteiger charge is 2.01. The van der Waals surface area contributed by atoms with Crippen LogP contribution in [0.15, 0.2) is 41.4 Å². The average molecular weight is 292 g/mol. The third kappa shape index (κ3) is 3.27. The SMILES string of the molecule is CCc1cc(Br)ccc1NCc1cncnc1. The molecule has 1 N–H and O–H groups in total. The lowest BCUT2D eigenvalue weighted by Gasteiger charge is -2.11. The lowest BCUT2D eigenvalue weighted by Crippen LogP contribution is -2.02. The van der Waals surface area contributed by atoms with Gasteiger partial charge in [-0.3, -0.25) is 0 Å². The summed E-state index contributed by atoms with van der Waals surface area (Å²) in [5.41, 5.74) is 3.55. The Balaban J connectivity index is 2.09. The number of hydrogen-bond donors (Lipinski definition) is 1. The van der Waals surface area contributed by atoms with Crippen molar-refractivity contribution in [2.45, 2.75) is 19.9 Å². The zero-order chi connectivity index (χ0) is 12.1. The van der Waals surface area contributed by atoms with Crippen molar-refractivity contribution in [3.05, 3.63) is 52.5 Å². The van der Waals surface area contributed by atoms with Gasteiger partial charge in [-0.15, -0.1) is 0 Å². The smallest absolute Gasteiger partial charge is 0.115 e. The minimum atomic E-state index is 0.746. The molecule has 4 heteroatoms. The van der Waals surface area contributed by atoms with Crippen molar-refractivity contribution in [2.75, 3.05) is 5.32 Å². The van der Waals surface area contributed by atoms with Crippen LogP contribution in [0.2, 0.25) is 0 Å². The van der Waals surface area contributed by atoms with E-state index in [1.165, 1.54) is 11.3 Å². The van der Waals surface area contributed by atoms with Gasteiger partial charge in [-0.2, -0.15) is 0 Å². The molecule has 3 nitrogen and oxygen atoms in total. The molecule has 1 aromatic carbocycles. The summed E-state index contributed by atoms with van der Waals surface area (Å²) < 4.78 is 1.11. The normalized spacial score (nSPS) is 10.2. The monoisotopic (exact) mass is 291 g/mol. The first kappa shape index (κ1) is 12.0. The molecule has 0 fully saturated rings. The average Bonchev–Trinajstić information content (AvgIpc) is 2.38. The summed E-state index contributed by atoms with van der Waals surface area (Å²) in [6.07, 6.45) is 6.20. The quantitative estimate of drug-likeness (QED) is 0.938. The Bertz CT molecular complexity index is 485. The Morgan fingerprint density at radius 2 is 2.00 bits per heavy atom. The van der Waals surface area contributed by atoms with Crippen LogP contribution >= 0.6 is 15.9 Å². The number of halogens is 1. The fraction of sp³-hybridized carbons (Fsp3) is 0.231. The van der Waals surface area contributed by atoms with Gasteiger partial charge in [0.1, 0.15) is 6.33 Å². The van der Waals surface area contributed by atoms with Gasteiger partial charge in [0.15, 0.2) is 0 Å². The van der Waals surface area contributed by atoms with Crippen LogP contribution < -0.4 is 5.32 Å². The van der Waals surface area contributed by atoms with Gasteiger partial charge < -0.3 is 5.32 Å². The molecule has 0 aliphatic rings. The summed E-state index contributed by atoms with van der Waals surface area (Å²) in [7, 11) is 0. The van der Waals surface area contributed by atoms with Crippen LogP contribution in [-0.4, -0.2) is 9.97 Å². The summed E-state index contributed by atoms with van der Waals surface area (Å²) in [4.78, 5) is 7.99. The highest BCUT2D eigenvalue weighted by atomic mass is 79.9. The van der Waals surface area contributed by atoms with Crippen molar-refractivity contribution < 1.29 is 0 Å². The number of aromatic nitrogens is 2. The van der Waals surface area contributed by atoms with Gasteiger partial charge in [-0.1, -0.05) is 22.9 Å². The first-order valence-corrected chi connectivity index (χ1v) is 6.35. The number of nitrogens with zero attached hydrogens (tertiary/aromatic N) is 2. The fourth-order valence-corrected chi connectivity index (χ4v) is 2.05. The molecule has 2 aromatic rings. The van der Waals surface area contributed by atoms with E-state index in [4.69, 9.17) is 0 Å². The van der Waals surface area contributed by atoms with E-state index in [9.17, 15) is 0 Å². The van der Waals surface area contributed by atoms with E-state index in [2.05, 4.69) is 50.3 Å². The van der Waals surface area contributed by atoms with Crippen LogP contribution in [0.3, 0.4) is 0 Å². The van der Waals surface area contributed by atoms with Crippen LogP contribution in [0, 0.1) is 0 Å². The van der Waals surface area contributed by atoms with Gasteiger partial charge in [0.2, 0.25) is 0 Å². The van der Waals surface area contributed by atoms with E-state index in [-0.39, 0.29) is 0 Å². The molecule has 1 aromatic heterocycles. The van der Waals surface area contributed by atoms with E-state index in [0.29, 0.717) is 0 Å². The van der Waals surface area contributed by atoms with Crippen molar-refractivity contribution in [2.24, 2.45) is 0 Å². The molecule has 0 radical (unpaired) electrons. The predicted molar refractivity (Wildman–Crippen MR) is 72.9 cm³/mol. The molecule has 17 heavy (non-hydrogen) atoms. The number of benzene rings is 1. The third-order valence-corrected chi connectivity index (χ3v) is 3.04. The van der Waals surface area contributed by atoms with Gasteiger partial charge in [0.25, 0.3) is 0 Å². The summed E-state index contributed by atoms with van der Waals surface area (Å²) in [6.45, 7) is 2.90. The van der Waals surface area contributed by atoms with Crippen molar-refractivity contribution >= 4 is 21.6 Å². The molecular weight excluding hydrogens is 278 g/mol. The molecule has 0 aliphatic heterocycles. The summed E-state index contributed by atoms with van der Waals surface area (Å²) in [5.74, 6) is 0. The van der Waals surface area contributed by atoms with Crippen molar-refractivity contribution in [1.82, 2.24) is 9.97 Å². The van der Waals surface area contributed by atoms with Gasteiger partial charge in [-0.25, -0.2) is 9.97 Å². The summed E-state index contributed by atoms with van der Waals surface area (Å²) >= 11 is 3.49. The molecule has 0 aliphatic carbocycles. The Labute approximate surface area is 109 Å². The Morgan fingerprint density at radius 3 is 2.71 bits per heavy atom. The van der Waals surface area contributed by atoms with E-state index in [0.717, 1.165) is 23.0 Å². The molecule has 0 amide bonds. The van der Waals surface area contributed by atoms with Gasteiger partial charge >= 0.3 is 0 Å². The number of rotatable bonds is 4. The number of anilines is 1. The second-order valence-corrected chi connectivity index (χ2v) is 4.67. The van der Waals surface area contributed by atoms with E-state index in [1.807, 2.05) is 18.5 Å². The van der Waals surface area contributed by atoms with Crippen molar-refractivity contribution in [1.29, 1.82) is 0 Å². The standard InChI is InChI=1S/C13H14BrN3/c1-2-11-5-12(14)3-4-13(11)17-8-10-6-15-9-16-7-10/h3-7,9,17H,2,8H2,1H3. The lowest BCUT2D eigenvalue weighted by atomic mass is 10.1. The Kier molecular flexibility index (Phi) is 4.09. The summed E-state index contributed by atoms with van der Waals surface area (Å²) in [5, 5.41) is 3.41. The summed E-state index contributed by atoms with van der Waals surface area (Å²) in [6, 6.07) is 6.28. The second kappa shape index (κ2) is 5.77. The maximum Gasteiger partial charge on any atom is 0.115 e. The first-order valence-electron chi connectivity index (χ1n) is 5.55. The number of nitrogens with one attached hydrogen (secondary N) is 1. The maximum atomic E-state index is 4.00. The number of hydrogen-bond acceptors (Lipinski definition) is 3. The van der Waals surface area contributed by atoms with Crippen molar-refractivity contribution in [3.63, 3.8) is 0 Å². The van der Waals surface area contributed by atoms with Crippen LogP contribution in [-0.2, 0) is 13.0 Å². The molecule has 0 atom stereocenters. The molecule has 2 rings (SSSR count). The molecular formula is C13H14BrN3. The molecule has 0 saturated heterocycles. The van der Waals surface area contributed by atoms with Gasteiger partial charge in [0, 0.05) is 34.7 Å². The van der Waals surface area contributed by atoms with Crippen LogP contribution in [0.4, 0.5) is 5.69 Å². The Hall–Kier alpha value is -1.42. The lowest BCUT2D eigenvalue weighted by molar-refractivity contribution is 1.04. The molecule has 88 valence electrons. The van der Waals surface area contributed by atoms with Crippen molar-refractivity contribution in [3.8, 4) is 0 Å². The van der Waals surface area contributed by atoms with E-state index in [1.54, 1.807) is 6.33 Å². The third-order valence-electron chi connectivity index (χ3n) is 2.55. The minimum absolute atomic E-state index is 0.746. The van der Waals surface area contributed by atoms with Gasteiger partial charge in [0.05, 0.1) is 0 Å². The maximum absolute atomic E-state index is 4.00. The van der Waals surface area contributed by atoms with Crippen LogP contribution in [0.1, 0.15) is 18.1 Å². The van der Waals surface area contributed by atoms with E-state index < -0.39 is 0 Å². The zero-order valence-electron chi connectivity index (χ0n) is 9.65. The molecule has 0 unspecified atom stereocenters. The molecule has 0 saturated carbocycles. The Morgan fingerprint density at radius 1 is 1.24 bits per heavy atom. The largest absolute Gasteiger partial charge is 0.381 e. The number of aryl methyl sites for hydroxylation is 1. The topological polar surface area (TPSA) is 37.8 Å². The highest BCUT2D eigenvalue weighted by Crippen LogP contribution is 2.21.